The van der Waals surface area contributed by atoms with Crippen LogP contribution in [-0.2, 0) is 4.74 Å². The van der Waals surface area contributed by atoms with Crippen LogP contribution < -0.4 is 16.0 Å². The molecular formula is C20H15BrCl2N4O4S. The maximum absolute atomic E-state index is 12.4. The van der Waals surface area contributed by atoms with Crippen molar-refractivity contribution in [1.82, 2.24) is 9.88 Å². The van der Waals surface area contributed by atoms with E-state index in [1.54, 1.807) is 36.4 Å². The number of cyclic esters (lactones) is 1. The molecule has 3 heterocycles. The third kappa shape index (κ3) is 4.49. The van der Waals surface area contributed by atoms with Crippen LogP contribution in [-0.4, -0.2) is 41.7 Å². The Morgan fingerprint density at radius 1 is 1.22 bits per heavy atom. The molecule has 1 aliphatic rings. The van der Waals surface area contributed by atoms with Crippen molar-refractivity contribution >= 4 is 74.1 Å². The Kier molecular flexibility index (Phi) is 6.47. The number of anilines is 1. The van der Waals surface area contributed by atoms with E-state index in [2.05, 4.69) is 21.2 Å². The van der Waals surface area contributed by atoms with Gasteiger partial charge in [-0.3, -0.25) is 19.1 Å². The Morgan fingerprint density at radius 2 is 2.00 bits per heavy atom. The van der Waals surface area contributed by atoms with Crippen LogP contribution in [0.3, 0.4) is 0 Å². The number of benzene rings is 1. The summed E-state index contributed by atoms with van der Waals surface area (Å²) in [6.07, 6.45) is -1.05. The zero-order valence-electron chi connectivity index (χ0n) is 16.2. The van der Waals surface area contributed by atoms with E-state index in [0.717, 1.165) is 0 Å². The molecule has 32 heavy (non-hydrogen) atoms. The number of ether oxygens (including phenoxy) is 1. The third-order valence-corrected chi connectivity index (χ3v) is 6.89. The summed E-state index contributed by atoms with van der Waals surface area (Å²) in [7, 11) is 0. The molecule has 1 atom stereocenters. The van der Waals surface area contributed by atoms with Gasteiger partial charge in [0, 0.05) is 10.2 Å². The first-order valence-corrected chi connectivity index (χ1v) is 11.6. The Morgan fingerprint density at radius 3 is 2.66 bits per heavy atom. The minimum absolute atomic E-state index is 0.160. The lowest BCUT2D eigenvalue weighted by molar-refractivity contribution is 0.0919. The normalized spacial score (nSPS) is 15.7. The van der Waals surface area contributed by atoms with Crippen LogP contribution in [0.15, 0.2) is 46.9 Å². The van der Waals surface area contributed by atoms with Gasteiger partial charge in [-0.05, 0) is 58.4 Å². The van der Waals surface area contributed by atoms with Crippen molar-refractivity contribution in [2.45, 2.75) is 6.10 Å². The van der Waals surface area contributed by atoms with E-state index < -0.39 is 18.1 Å². The van der Waals surface area contributed by atoms with Gasteiger partial charge >= 0.3 is 6.09 Å². The van der Waals surface area contributed by atoms with Crippen LogP contribution in [0.25, 0.3) is 5.69 Å². The number of nitrogens with zero attached hydrogens (tertiary/aromatic N) is 2. The Labute approximate surface area is 205 Å². The van der Waals surface area contributed by atoms with E-state index >= 15 is 0 Å². The van der Waals surface area contributed by atoms with Crippen LogP contribution >= 0.6 is 50.5 Å². The number of carbonyl (C=O) groups excluding carboxylic acids is 3. The lowest BCUT2D eigenvalue weighted by Gasteiger charge is -2.17. The summed E-state index contributed by atoms with van der Waals surface area (Å²) in [5, 5.41) is 3.07. The molecule has 3 aromatic rings. The van der Waals surface area contributed by atoms with E-state index in [9.17, 15) is 14.4 Å². The molecule has 1 aromatic carbocycles. The molecule has 0 unspecified atom stereocenters. The Balaban J connectivity index is 1.47. The number of rotatable bonds is 6. The molecule has 8 nitrogen and oxygen atoms in total. The molecule has 3 amide bonds. The van der Waals surface area contributed by atoms with Crippen LogP contribution in [0, 0.1) is 0 Å². The topological polar surface area (TPSA) is 107 Å². The highest BCUT2D eigenvalue weighted by Gasteiger charge is 2.33. The summed E-state index contributed by atoms with van der Waals surface area (Å²) in [6.45, 7) is 0.409. The maximum atomic E-state index is 12.4. The second-order valence-corrected chi connectivity index (χ2v) is 9.76. The van der Waals surface area contributed by atoms with Gasteiger partial charge in [-0.15, -0.1) is 11.3 Å². The first-order valence-electron chi connectivity index (χ1n) is 9.23. The predicted octanol–water partition coefficient (Wildman–Crippen LogP) is 4.46. The number of carbonyl (C=O) groups is 3. The number of thiophene rings is 1. The third-order valence-electron chi connectivity index (χ3n) is 4.73. The van der Waals surface area contributed by atoms with E-state index in [1.807, 2.05) is 0 Å². The molecule has 0 saturated carbocycles. The monoisotopic (exact) mass is 556 g/mol. The summed E-state index contributed by atoms with van der Waals surface area (Å²) in [4.78, 5) is 38.2. The smallest absolute Gasteiger partial charge is 0.414 e. The van der Waals surface area contributed by atoms with Gasteiger partial charge in [0.25, 0.3) is 11.8 Å². The number of halogens is 3. The van der Waals surface area contributed by atoms with Gasteiger partial charge in [0.1, 0.15) is 17.0 Å². The van der Waals surface area contributed by atoms with Crippen molar-refractivity contribution in [3.05, 3.63) is 67.0 Å². The molecule has 0 aliphatic carbocycles. The van der Waals surface area contributed by atoms with Gasteiger partial charge in [-0.2, -0.15) is 0 Å². The Bertz CT molecular complexity index is 1230. The van der Waals surface area contributed by atoms with Gasteiger partial charge in [0.15, 0.2) is 0 Å². The summed E-state index contributed by atoms with van der Waals surface area (Å²) >= 11 is 16.7. The minimum Gasteiger partial charge on any atom is -0.442 e. The molecule has 12 heteroatoms. The maximum Gasteiger partial charge on any atom is 0.414 e. The molecule has 1 fully saturated rings. The number of nitrogens with two attached hydrogens (primary N) is 1. The predicted molar refractivity (Wildman–Crippen MR) is 126 cm³/mol. The van der Waals surface area contributed by atoms with Crippen LogP contribution in [0.2, 0.25) is 9.49 Å². The number of aromatic nitrogens is 1. The van der Waals surface area contributed by atoms with Crippen LogP contribution in [0.1, 0.15) is 20.2 Å². The average Bonchev–Trinajstić information content (AvgIpc) is 3.44. The summed E-state index contributed by atoms with van der Waals surface area (Å²) in [5.74, 6) is -0.897. The van der Waals surface area contributed by atoms with Gasteiger partial charge in [-0.25, -0.2) is 4.79 Å². The van der Waals surface area contributed by atoms with Crippen molar-refractivity contribution in [2.75, 3.05) is 18.0 Å². The van der Waals surface area contributed by atoms with E-state index in [0.29, 0.717) is 30.2 Å². The number of primary amides is 1. The van der Waals surface area contributed by atoms with Crippen molar-refractivity contribution in [3.63, 3.8) is 0 Å². The molecule has 2 aromatic heterocycles. The first-order chi connectivity index (χ1) is 15.2. The second kappa shape index (κ2) is 9.14. The van der Waals surface area contributed by atoms with Gasteiger partial charge < -0.3 is 15.8 Å². The molecule has 0 spiro atoms. The standard InChI is InChI=1S/C20H15BrCl2N4O4S/c21-12-7-10(27-14(18(24)28)3-5-16(27)22)1-2-13(12)26-9-11(31-20(26)30)8-25-19(29)15-4-6-17(23)32-15/h1-7,11H,8-9H2,(H2,24,28)(H,25,29)/t11-/m0/s1. The molecule has 1 aliphatic heterocycles. The average molecular weight is 558 g/mol. The molecule has 3 N–H and O–H groups in total. The zero-order valence-corrected chi connectivity index (χ0v) is 20.1. The second-order valence-electron chi connectivity index (χ2n) is 6.81. The number of hydrogen-bond acceptors (Lipinski definition) is 5. The minimum atomic E-state index is -0.616. The molecule has 166 valence electrons. The number of amides is 3. The first kappa shape index (κ1) is 22.7. The molecule has 0 bridgehead atoms. The highest BCUT2D eigenvalue weighted by atomic mass is 79.9. The SMILES string of the molecule is NC(=O)c1ccc(Cl)n1-c1ccc(N2C[C@H](CNC(=O)c3ccc(Cl)s3)OC2=O)c(Br)c1. The summed E-state index contributed by atoms with van der Waals surface area (Å²) < 4.78 is 8.01. The summed E-state index contributed by atoms with van der Waals surface area (Å²) in [6, 6.07) is 11.5. The molecular weight excluding hydrogens is 543 g/mol. The van der Waals surface area contributed by atoms with Crippen molar-refractivity contribution in [2.24, 2.45) is 5.73 Å². The number of nitrogens with one attached hydrogen (secondary N) is 1. The quantitative estimate of drug-likeness (QED) is 0.466. The van der Waals surface area contributed by atoms with Crippen molar-refractivity contribution in [3.8, 4) is 5.69 Å². The largest absolute Gasteiger partial charge is 0.442 e. The lowest BCUT2D eigenvalue weighted by Crippen LogP contribution is -2.34. The van der Waals surface area contributed by atoms with Gasteiger partial charge in [0.2, 0.25) is 0 Å². The van der Waals surface area contributed by atoms with E-state index in [1.165, 1.54) is 26.9 Å². The van der Waals surface area contributed by atoms with Crippen LogP contribution in [0.4, 0.5) is 10.5 Å². The number of hydrogen-bond donors (Lipinski definition) is 2. The lowest BCUT2D eigenvalue weighted by atomic mass is 10.2. The van der Waals surface area contributed by atoms with Crippen molar-refractivity contribution in [1.29, 1.82) is 0 Å². The molecule has 4 rings (SSSR count). The highest BCUT2D eigenvalue weighted by Crippen LogP contribution is 2.33. The zero-order chi connectivity index (χ0) is 23.0. The van der Waals surface area contributed by atoms with Gasteiger partial charge in [-0.1, -0.05) is 23.2 Å². The summed E-state index contributed by atoms with van der Waals surface area (Å²) in [5.41, 5.74) is 6.82. The fraction of sp³-hybridized carbons (Fsp3) is 0.150. The van der Waals surface area contributed by atoms with E-state index in [4.69, 9.17) is 33.7 Å². The van der Waals surface area contributed by atoms with Crippen molar-refractivity contribution < 1.29 is 19.1 Å². The van der Waals surface area contributed by atoms with Gasteiger partial charge in [0.05, 0.1) is 28.0 Å². The molecule has 1 saturated heterocycles. The van der Waals surface area contributed by atoms with Crippen LogP contribution in [0.5, 0.6) is 0 Å². The van der Waals surface area contributed by atoms with E-state index in [-0.39, 0.29) is 24.7 Å². The Hall–Kier alpha value is -2.53. The fourth-order valence-corrected chi connectivity index (χ4v) is 5.07. The molecule has 0 radical (unpaired) electrons. The highest BCUT2D eigenvalue weighted by molar-refractivity contribution is 9.10. The fourth-order valence-electron chi connectivity index (χ4n) is 3.27.